The van der Waals surface area contributed by atoms with E-state index in [2.05, 4.69) is 5.32 Å². The molecule has 0 saturated carbocycles. The van der Waals surface area contributed by atoms with Gasteiger partial charge in [-0.3, -0.25) is 4.79 Å². The number of rotatable bonds is 2. The number of carbonyl (C=O) groups excluding carboxylic acids is 1. The van der Waals surface area contributed by atoms with Gasteiger partial charge in [0.1, 0.15) is 5.75 Å². The van der Waals surface area contributed by atoms with Crippen LogP contribution >= 0.6 is 0 Å². The number of carbonyl (C=O) groups is 1. The quantitative estimate of drug-likeness (QED) is 0.397. The highest BCUT2D eigenvalue weighted by Gasteiger charge is 2.23. The molecule has 0 unspecified atom stereocenters. The molecule has 1 aliphatic heterocycles. The first kappa shape index (κ1) is 11.0. The van der Waals surface area contributed by atoms with Crippen molar-refractivity contribution < 1.29 is 9.90 Å². The summed E-state index contributed by atoms with van der Waals surface area (Å²) in [4.78, 5) is 12.2. The fourth-order valence-electron chi connectivity index (χ4n) is 2.06. The van der Waals surface area contributed by atoms with Crippen molar-refractivity contribution in [1.82, 2.24) is 5.32 Å². The molecule has 1 heterocycles. The van der Waals surface area contributed by atoms with E-state index < -0.39 is 0 Å². The summed E-state index contributed by atoms with van der Waals surface area (Å²) in [5.74, 6) is 0.173. The van der Waals surface area contributed by atoms with E-state index in [4.69, 9.17) is 5.73 Å². The molecule has 4 nitrogen and oxygen atoms in total. The lowest BCUT2D eigenvalue weighted by Crippen LogP contribution is -2.32. The van der Waals surface area contributed by atoms with Crippen LogP contribution in [0.1, 0.15) is 23.2 Å². The maximum absolute atomic E-state index is 12.2. The zero-order valence-corrected chi connectivity index (χ0v) is 9.07. The Morgan fingerprint density at radius 3 is 2.75 bits per heavy atom. The maximum atomic E-state index is 12.2. The molecule has 0 spiro atoms. The fraction of sp³-hybridized carbons (Fsp3) is 0.417. The van der Waals surface area contributed by atoms with Crippen molar-refractivity contribution in [3.05, 3.63) is 23.8 Å². The molecule has 1 fully saturated rings. The van der Waals surface area contributed by atoms with Crippen molar-refractivity contribution in [2.24, 2.45) is 5.92 Å². The van der Waals surface area contributed by atoms with Gasteiger partial charge in [-0.25, -0.2) is 0 Å². The Hall–Kier alpha value is -1.55. The van der Waals surface area contributed by atoms with Gasteiger partial charge in [0.2, 0.25) is 0 Å². The molecule has 1 aliphatic rings. The molecule has 2 rings (SSSR count). The highest BCUT2D eigenvalue weighted by Crippen LogP contribution is 2.25. The third-order valence-electron chi connectivity index (χ3n) is 3.01. The molecule has 0 aliphatic carbocycles. The van der Waals surface area contributed by atoms with Crippen molar-refractivity contribution in [3.63, 3.8) is 0 Å². The number of anilines is 1. The van der Waals surface area contributed by atoms with E-state index in [1.165, 1.54) is 12.1 Å². The monoisotopic (exact) mass is 220 g/mol. The van der Waals surface area contributed by atoms with E-state index in [0.717, 1.165) is 25.9 Å². The Bertz CT molecular complexity index is 398. The Morgan fingerprint density at radius 1 is 1.38 bits per heavy atom. The second-order valence-electron chi connectivity index (χ2n) is 4.16. The number of piperidine rings is 1. The van der Waals surface area contributed by atoms with Gasteiger partial charge in [0.05, 0.1) is 0 Å². The minimum absolute atomic E-state index is 0.0327. The van der Waals surface area contributed by atoms with Crippen LogP contribution in [-0.2, 0) is 0 Å². The summed E-state index contributed by atoms with van der Waals surface area (Å²) in [5, 5.41) is 12.6. The van der Waals surface area contributed by atoms with Crippen molar-refractivity contribution in [3.8, 4) is 5.75 Å². The van der Waals surface area contributed by atoms with Gasteiger partial charge < -0.3 is 16.2 Å². The van der Waals surface area contributed by atoms with Gasteiger partial charge in [0, 0.05) is 17.2 Å². The minimum atomic E-state index is 0.0327. The Balaban J connectivity index is 2.22. The summed E-state index contributed by atoms with van der Waals surface area (Å²) in [6, 6.07) is 4.53. The Kier molecular flexibility index (Phi) is 3.10. The third kappa shape index (κ3) is 2.17. The topological polar surface area (TPSA) is 75.3 Å². The second kappa shape index (κ2) is 4.53. The van der Waals surface area contributed by atoms with Crippen molar-refractivity contribution in [2.45, 2.75) is 12.8 Å². The van der Waals surface area contributed by atoms with Crippen LogP contribution in [0.3, 0.4) is 0 Å². The Labute approximate surface area is 94.5 Å². The number of phenolic OH excluding ortho intramolecular Hbond substituents is 1. The van der Waals surface area contributed by atoms with Crippen LogP contribution in [0.2, 0.25) is 0 Å². The van der Waals surface area contributed by atoms with E-state index in [0.29, 0.717) is 11.3 Å². The van der Waals surface area contributed by atoms with Gasteiger partial charge >= 0.3 is 0 Å². The second-order valence-corrected chi connectivity index (χ2v) is 4.16. The van der Waals surface area contributed by atoms with Crippen molar-refractivity contribution >= 4 is 11.5 Å². The predicted octanol–water partition coefficient (Wildman–Crippen LogP) is 1.16. The molecule has 0 bridgehead atoms. The lowest BCUT2D eigenvalue weighted by molar-refractivity contribution is 0.0895. The minimum Gasteiger partial charge on any atom is -0.508 e. The van der Waals surface area contributed by atoms with Crippen LogP contribution in [0.15, 0.2) is 18.2 Å². The smallest absolute Gasteiger partial charge is 0.168 e. The lowest BCUT2D eigenvalue weighted by Gasteiger charge is -2.21. The van der Waals surface area contributed by atoms with Gasteiger partial charge in [0.15, 0.2) is 5.78 Å². The number of hydrogen-bond donors (Lipinski definition) is 3. The SMILES string of the molecule is Nc1ccc(O)cc1C(=O)C1CCNCC1. The number of aromatic hydroxyl groups is 1. The van der Waals surface area contributed by atoms with E-state index >= 15 is 0 Å². The molecule has 4 N–H and O–H groups in total. The fourth-order valence-corrected chi connectivity index (χ4v) is 2.06. The molecule has 0 amide bonds. The maximum Gasteiger partial charge on any atom is 0.168 e. The van der Waals surface area contributed by atoms with Crippen LogP contribution in [0.25, 0.3) is 0 Å². The van der Waals surface area contributed by atoms with Gasteiger partial charge in [-0.05, 0) is 44.1 Å². The van der Waals surface area contributed by atoms with Crippen LogP contribution in [0.5, 0.6) is 5.75 Å². The molecule has 16 heavy (non-hydrogen) atoms. The number of Topliss-reactive ketones (excluding diaryl/α,β-unsaturated/α-hetero) is 1. The number of nitrogen functional groups attached to an aromatic ring is 1. The highest BCUT2D eigenvalue weighted by atomic mass is 16.3. The summed E-state index contributed by atoms with van der Waals surface area (Å²) >= 11 is 0. The largest absolute Gasteiger partial charge is 0.508 e. The number of benzene rings is 1. The number of nitrogens with two attached hydrogens (primary N) is 1. The molecule has 1 aromatic carbocycles. The van der Waals surface area contributed by atoms with E-state index in [1.54, 1.807) is 6.07 Å². The molecule has 0 radical (unpaired) electrons. The predicted molar refractivity (Wildman–Crippen MR) is 62.4 cm³/mol. The summed E-state index contributed by atoms with van der Waals surface area (Å²) in [7, 11) is 0. The van der Waals surface area contributed by atoms with Crippen molar-refractivity contribution in [1.29, 1.82) is 0 Å². The van der Waals surface area contributed by atoms with Crippen LogP contribution < -0.4 is 11.1 Å². The van der Waals surface area contributed by atoms with Gasteiger partial charge in [0.25, 0.3) is 0 Å². The van der Waals surface area contributed by atoms with Gasteiger partial charge in [-0.15, -0.1) is 0 Å². The Morgan fingerprint density at radius 2 is 2.06 bits per heavy atom. The summed E-state index contributed by atoms with van der Waals surface area (Å²) in [5.41, 5.74) is 6.65. The molecular weight excluding hydrogens is 204 g/mol. The molecule has 1 saturated heterocycles. The zero-order valence-electron chi connectivity index (χ0n) is 9.07. The highest BCUT2D eigenvalue weighted by molar-refractivity contribution is 6.02. The molecule has 4 heteroatoms. The van der Waals surface area contributed by atoms with E-state index in [1.807, 2.05) is 0 Å². The third-order valence-corrected chi connectivity index (χ3v) is 3.01. The summed E-state index contributed by atoms with van der Waals surface area (Å²) < 4.78 is 0. The van der Waals surface area contributed by atoms with Crippen LogP contribution in [0, 0.1) is 5.92 Å². The summed E-state index contributed by atoms with van der Waals surface area (Å²) in [6.45, 7) is 1.74. The number of phenols is 1. The molecular formula is C12H16N2O2. The molecule has 0 atom stereocenters. The number of ketones is 1. The van der Waals surface area contributed by atoms with Gasteiger partial charge in [-0.1, -0.05) is 0 Å². The first-order valence-corrected chi connectivity index (χ1v) is 5.52. The van der Waals surface area contributed by atoms with Crippen LogP contribution in [-0.4, -0.2) is 24.0 Å². The van der Waals surface area contributed by atoms with Gasteiger partial charge in [-0.2, -0.15) is 0 Å². The average Bonchev–Trinajstić information content (AvgIpc) is 2.32. The first-order valence-electron chi connectivity index (χ1n) is 5.52. The average molecular weight is 220 g/mol. The molecule has 86 valence electrons. The number of nitrogens with one attached hydrogen (secondary N) is 1. The zero-order chi connectivity index (χ0) is 11.5. The summed E-state index contributed by atoms with van der Waals surface area (Å²) in [6.07, 6.45) is 1.68. The van der Waals surface area contributed by atoms with E-state index in [9.17, 15) is 9.90 Å². The number of hydrogen-bond acceptors (Lipinski definition) is 4. The van der Waals surface area contributed by atoms with Crippen LogP contribution in [0.4, 0.5) is 5.69 Å². The van der Waals surface area contributed by atoms with E-state index in [-0.39, 0.29) is 17.5 Å². The lowest BCUT2D eigenvalue weighted by atomic mass is 9.89. The normalized spacial score (nSPS) is 17.2. The standard InChI is InChI=1S/C12H16N2O2/c13-11-2-1-9(15)7-10(11)12(16)8-3-5-14-6-4-8/h1-2,7-8,14-15H,3-6,13H2. The van der Waals surface area contributed by atoms with Crippen molar-refractivity contribution in [2.75, 3.05) is 18.8 Å². The molecule has 1 aromatic rings. The molecule has 0 aromatic heterocycles. The first-order chi connectivity index (χ1) is 7.68.